The smallest absolute Gasteiger partial charge is 0.287 e. The molecule has 3 fully saturated rings. The molecule has 6 nitrogen and oxygen atoms in total. The Morgan fingerprint density at radius 1 is 1.30 bits per heavy atom. The second-order valence-electron chi connectivity index (χ2n) is 7.75. The molecule has 3 saturated heterocycles. The molecular weight excluding hydrogens is 364 g/mol. The summed E-state index contributed by atoms with van der Waals surface area (Å²) in [6.07, 6.45) is 5.03. The van der Waals surface area contributed by atoms with Crippen molar-refractivity contribution in [2.75, 3.05) is 31.1 Å². The Labute approximate surface area is 163 Å². The first-order valence-electron chi connectivity index (χ1n) is 9.57. The highest BCUT2D eigenvalue weighted by Crippen LogP contribution is 2.36. The number of hydrogen-bond donors (Lipinski definition) is 0. The zero-order chi connectivity index (χ0) is 18.5. The summed E-state index contributed by atoms with van der Waals surface area (Å²) in [6.45, 7) is 3.70. The average molecular weight is 387 g/mol. The van der Waals surface area contributed by atoms with E-state index in [9.17, 15) is 4.79 Å². The topological polar surface area (TPSA) is 50.6 Å². The lowest BCUT2D eigenvalue weighted by Gasteiger charge is -2.57. The predicted octanol–water partition coefficient (Wildman–Crippen LogP) is 1.87. The van der Waals surface area contributed by atoms with E-state index in [-0.39, 0.29) is 10.6 Å². The zero-order valence-electron chi connectivity index (χ0n) is 15.4. The molecule has 0 aliphatic carbocycles. The Hall–Kier alpha value is -2.05. The highest BCUT2D eigenvalue weighted by Gasteiger charge is 2.44. The monoisotopic (exact) mass is 386 g/mol. The van der Waals surface area contributed by atoms with E-state index in [4.69, 9.17) is 16.3 Å². The van der Waals surface area contributed by atoms with Crippen molar-refractivity contribution >= 4 is 17.3 Å². The second kappa shape index (κ2) is 6.53. The van der Waals surface area contributed by atoms with E-state index < -0.39 is 0 Å². The van der Waals surface area contributed by atoms with Crippen LogP contribution in [0.4, 0.5) is 5.69 Å². The van der Waals surface area contributed by atoms with Gasteiger partial charge in [-0.1, -0.05) is 23.7 Å². The minimum Gasteiger partial charge on any atom is -0.493 e. The molecule has 4 aliphatic heterocycles. The van der Waals surface area contributed by atoms with Crippen LogP contribution in [0.2, 0.25) is 5.02 Å². The molecule has 0 amide bonds. The Morgan fingerprint density at radius 2 is 2.11 bits per heavy atom. The van der Waals surface area contributed by atoms with Gasteiger partial charge < -0.3 is 9.64 Å². The van der Waals surface area contributed by atoms with Gasteiger partial charge in [0.05, 0.1) is 18.5 Å². The molecule has 1 aromatic heterocycles. The summed E-state index contributed by atoms with van der Waals surface area (Å²) in [6, 6.07) is 7.66. The Morgan fingerprint density at radius 3 is 2.93 bits per heavy atom. The van der Waals surface area contributed by atoms with Gasteiger partial charge in [0, 0.05) is 45.2 Å². The lowest BCUT2D eigenvalue weighted by molar-refractivity contribution is 0.000553. The van der Waals surface area contributed by atoms with Gasteiger partial charge >= 0.3 is 0 Å². The van der Waals surface area contributed by atoms with Crippen LogP contribution in [0.15, 0.2) is 29.2 Å². The van der Waals surface area contributed by atoms with Crippen molar-refractivity contribution in [2.45, 2.75) is 31.3 Å². The Bertz CT molecular complexity index is 932. The van der Waals surface area contributed by atoms with Crippen LogP contribution in [-0.2, 0) is 19.9 Å². The fourth-order valence-corrected chi connectivity index (χ4v) is 4.92. The average Bonchev–Trinajstić information content (AvgIpc) is 3.14. The molecule has 142 valence electrons. The Balaban J connectivity index is 1.23. The van der Waals surface area contributed by atoms with Crippen molar-refractivity contribution in [3.8, 4) is 5.75 Å². The van der Waals surface area contributed by atoms with Crippen molar-refractivity contribution in [3.05, 3.63) is 50.9 Å². The molecule has 2 aromatic rings. The quantitative estimate of drug-likeness (QED) is 0.803. The fourth-order valence-electron chi connectivity index (χ4n) is 4.63. The number of aryl methyl sites for hydroxylation is 1. The van der Waals surface area contributed by atoms with Gasteiger partial charge in [-0.2, -0.15) is 5.10 Å². The first-order chi connectivity index (χ1) is 13.1. The molecule has 4 aliphatic rings. The van der Waals surface area contributed by atoms with E-state index in [0.717, 1.165) is 50.5 Å². The van der Waals surface area contributed by atoms with Gasteiger partial charge in [0.15, 0.2) is 0 Å². The van der Waals surface area contributed by atoms with Crippen molar-refractivity contribution in [1.82, 2.24) is 14.7 Å². The Kier molecular flexibility index (Phi) is 4.13. The molecule has 7 heteroatoms. The lowest BCUT2D eigenvalue weighted by Crippen LogP contribution is -2.69. The van der Waals surface area contributed by atoms with Crippen LogP contribution in [-0.4, -0.2) is 53.0 Å². The number of halogens is 1. The van der Waals surface area contributed by atoms with Crippen molar-refractivity contribution < 1.29 is 4.74 Å². The summed E-state index contributed by atoms with van der Waals surface area (Å²) in [5.74, 6) is 1.05. The second-order valence-corrected chi connectivity index (χ2v) is 8.13. The molecule has 27 heavy (non-hydrogen) atoms. The van der Waals surface area contributed by atoms with Gasteiger partial charge in [0.2, 0.25) is 0 Å². The fraction of sp³-hybridized carbons (Fsp3) is 0.500. The number of piperazine rings is 1. The third-order valence-corrected chi connectivity index (χ3v) is 6.51. The van der Waals surface area contributed by atoms with Crippen LogP contribution in [0.5, 0.6) is 5.75 Å². The molecule has 0 spiro atoms. The largest absolute Gasteiger partial charge is 0.493 e. The van der Waals surface area contributed by atoms with E-state index in [0.29, 0.717) is 12.1 Å². The number of aromatic nitrogens is 2. The molecule has 0 radical (unpaired) electrons. The number of anilines is 1. The van der Waals surface area contributed by atoms with E-state index in [1.807, 2.05) is 0 Å². The van der Waals surface area contributed by atoms with Crippen molar-refractivity contribution in [1.29, 1.82) is 0 Å². The SMILES string of the molecule is Cn1ncc(N2CC3CC(C2)N3CCc2ccc3c(c2)CCO3)c(Cl)c1=O. The van der Waals surface area contributed by atoms with Gasteiger partial charge in [-0.3, -0.25) is 9.69 Å². The minimum atomic E-state index is -0.231. The highest BCUT2D eigenvalue weighted by molar-refractivity contribution is 6.33. The molecule has 5 heterocycles. The molecule has 6 rings (SSSR count). The van der Waals surface area contributed by atoms with Gasteiger partial charge in [-0.25, -0.2) is 4.68 Å². The van der Waals surface area contributed by atoms with Crippen LogP contribution < -0.4 is 15.2 Å². The normalized spacial score (nSPS) is 23.7. The maximum absolute atomic E-state index is 12.1. The maximum Gasteiger partial charge on any atom is 0.287 e. The molecule has 1 aromatic carbocycles. The molecule has 2 atom stereocenters. The number of nitrogens with zero attached hydrogens (tertiary/aromatic N) is 4. The van der Waals surface area contributed by atoms with Crippen molar-refractivity contribution in [2.24, 2.45) is 7.05 Å². The summed E-state index contributed by atoms with van der Waals surface area (Å²) < 4.78 is 6.88. The van der Waals surface area contributed by atoms with Crippen LogP contribution in [0, 0.1) is 0 Å². The molecule has 0 saturated carbocycles. The third-order valence-electron chi connectivity index (χ3n) is 6.16. The first-order valence-corrected chi connectivity index (χ1v) is 9.95. The summed E-state index contributed by atoms with van der Waals surface area (Å²) >= 11 is 6.28. The number of hydrogen-bond acceptors (Lipinski definition) is 5. The van der Waals surface area contributed by atoms with Gasteiger partial charge in [0.25, 0.3) is 5.56 Å². The van der Waals surface area contributed by atoms with E-state index in [1.54, 1.807) is 13.2 Å². The minimum absolute atomic E-state index is 0.231. The van der Waals surface area contributed by atoms with Crippen LogP contribution in [0.3, 0.4) is 0 Å². The number of benzene rings is 1. The number of rotatable bonds is 4. The van der Waals surface area contributed by atoms with Crippen molar-refractivity contribution in [3.63, 3.8) is 0 Å². The lowest BCUT2D eigenvalue weighted by atomic mass is 9.86. The van der Waals surface area contributed by atoms with Crippen LogP contribution in [0.1, 0.15) is 17.5 Å². The highest BCUT2D eigenvalue weighted by atomic mass is 35.5. The molecule has 0 N–H and O–H groups in total. The van der Waals surface area contributed by atoms with Gasteiger partial charge in [-0.05, 0) is 30.0 Å². The number of ether oxygens (including phenoxy) is 1. The maximum atomic E-state index is 12.1. The summed E-state index contributed by atoms with van der Waals surface area (Å²) in [5.41, 5.74) is 3.27. The predicted molar refractivity (Wildman–Crippen MR) is 105 cm³/mol. The standard InChI is InChI=1S/C20H23ClN4O2/c1-23-20(26)19(21)17(10-22-23)24-11-15-9-16(12-24)25(15)6-4-13-2-3-18-14(8-13)5-7-27-18/h2-3,8,10,15-16H,4-7,9,11-12H2,1H3. The van der Waals surface area contributed by atoms with E-state index in [2.05, 4.69) is 33.1 Å². The molecular formula is C20H23ClN4O2. The summed E-state index contributed by atoms with van der Waals surface area (Å²) in [5, 5.41) is 4.41. The number of fused-ring (bicyclic) bond motifs is 3. The van der Waals surface area contributed by atoms with Crippen LogP contribution >= 0.6 is 11.6 Å². The van der Waals surface area contributed by atoms with E-state index in [1.165, 1.54) is 22.2 Å². The number of piperidine rings is 1. The zero-order valence-corrected chi connectivity index (χ0v) is 16.2. The van der Waals surface area contributed by atoms with E-state index >= 15 is 0 Å². The summed E-state index contributed by atoms with van der Waals surface area (Å²) in [4.78, 5) is 16.9. The summed E-state index contributed by atoms with van der Waals surface area (Å²) in [7, 11) is 1.62. The van der Waals surface area contributed by atoms with Gasteiger partial charge in [-0.15, -0.1) is 0 Å². The van der Waals surface area contributed by atoms with Crippen LogP contribution in [0.25, 0.3) is 0 Å². The molecule has 2 bridgehead atoms. The van der Waals surface area contributed by atoms with Gasteiger partial charge in [0.1, 0.15) is 10.8 Å². The molecule has 2 unspecified atom stereocenters. The first kappa shape index (κ1) is 17.1. The third kappa shape index (κ3) is 2.91.